The van der Waals surface area contributed by atoms with Crippen LogP contribution in [-0.2, 0) is 12.2 Å². The molecule has 324 valence electrons. The number of aliphatic hydroxyl groups excluding tert-OH is 3. The summed E-state index contributed by atoms with van der Waals surface area (Å²) >= 11 is 0. The summed E-state index contributed by atoms with van der Waals surface area (Å²) in [5.74, 6) is -12.7. The Kier molecular flexibility index (Phi) is 8.49. The molecule has 2 bridgehead atoms. The number of hydrogen-bond donors (Lipinski definition) is 14. The van der Waals surface area contributed by atoms with Gasteiger partial charge in [-0.15, -0.1) is 0 Å². The van der Waals surface area contributed by atoms with Gasteiger partial charge in [0, 0.05) is 64.1 Å². The lowest BCUT2D eigenvalue weighted by Gasteiger charge is -2.51. The summed E-state index contributed by atoms with van der Waals surface area (Å²) < 4.78 is 25.3. The number of fused-ring (bicyclic) bond motifs is 9. The Morgan fingerprint density at radius 2 is 1.03 bits per heavy atom. The number of rotatable bonds is 4. The van der Waals surface area contributed by atoms with Gasteiger partial charge in [-0.25, -0.2) is 0 Å². The molecule has 4 heterocycles. The maximum atomic E-state index is 12.7. The number of benzene rings is 6. The topological polar surface area (TPSA) is 320 Å². The molecule has 0 saturated heterocycles. The van der Waals surface area contributed by atoms with E-state index < -0.39 is 117 Å². The zero-order valence-electron chi connectivity index (χ0n) is 32.1. The van der Waals surface area contributed by atoms with Crippen LogP contribution in [0, 0.1) is 0 Å². The Morgan fingerprint density at radius 3 is 1.67 bits per heavy atom. The molecule has 14 N–H and O–H groups in total. The van der Waals surface area contributed by atoms with Crippen molar-refractivity contribution in [2.75, 3.05) is 0 Å². The zero-order valence-corrected chi connectivity index (χ0v) is 32.1. The third-order valence-corrected chi connectivity index (χ3v) is 12.2. The van der Waals surface area contributed by atoms with Crippen LogP contribution in [0.1, 0.15) is 68.6 Å². The molecule has 0 fully saturated rings. The Balaban J connectivity index is 1.22. The molecule has 18 heteroatoms. The molecular weight excluding hydrogens is 828 g/mol. The number of aliphatic hydroxyl groups is 3. The molecule has 0 radical (unpaired) electrons. The summed E-state index contributed by atoms with van der Waals surface area (Å²) in [6.07, 6.45) is -8.07. The van der Waals surface area contributed by atoms with Gasteiger partial charge in [0.25, 0.3) is 0 Å². The number of phenolic OH excluding ortho intramolecular Hbond substituents is 11. The van der Waals surface area contributed by atoms with Gasteiger partial charge in [-0.2, -0.15) is 0 Å². The molecule has 4 aliphatic rings. The lowest BCUT2D eigenvalue weighted by Crippen LogP contribution is -2.57. The van der Waals surface area contributed by atoms with Gasteiger partial charge in [-0.1, -0.05) is 12.1 Å². The predicted octanol–water partition coefficient (Wildman–Crippen LogP) is 4.24. The van der Waals surface area contributed by atoms with Gasteiger partial charge < -0.3 is 90.4 Å². The first-order valence-electron chi connectivity index (χ1n) is 19.3. The highest BCUT2D eigenvalue weighted by molar-refractivity contribution is 5.72. The average molecular weight is 865 g/mol. The smallest absolute Gasteiger partial charge is 0.305 e. The lowest BCUT2D eigenvalue weighted by molar-refractivity contribution is -0.219. The zero-order chi connectivity index (χ0) is 44.5. The minimum absolute atomic E-state index is 0.0246. The lowest BCUT2D eigenvalue weighted by atomic mass is 9.72. The first-order valence-corrected chi connectivity index (χ1v) is 19.3. The van der Waals surface area contributed by atoms with E-state index in [0.717, 1.165) is 48.5 Å². The van der Waals surface area contributed by atoms with Crippen molar-refractivity contribution < 1.29 is 90.4 Å². The van der Waals surface area contributed by atoms with E-state index in [4.69, 9.17) is 18.9 Å². The Bertz CT molecular complexity index is 2910. The molecule has 6 aromatic rings. The maximum Gasteiger partial charge on any atom is 0.305 e. The highest BCUT2D eigenvalue weighted by atomic mass is 16.7. The van der Waals surface area contributed by atoms with Crippen molar-refractivity contribution in [3.05, 3.63) is 123 Å². The van der Waals surface area contributed by atoms with Crippen LogP contribution in [0.25, 0.3) is 0 Å². The van der Waals surface area contributed by atoms with Crippen LogP contribution in [0.3, 0.4) is 0 Å². The molecule has 63 heavy (non-hydrogen) atoms. The van der Waals surface area contributed by atoms with Crippen LogP contribution in [0.5, 0.6) is 86.2 Å². The normalized spacial score (nSPS) is 25.2. The van der Waals surface area contributed by atoms with Crippen LogP contribution in [-0.4, -0.2) is 89.8 Å². The van der Waals surface area contributed by atoms with Crippen LogP contribution in [0.15, 0.2) is 78.9 Å². The second kappa shape index (κ2) is 13.6. The standard InChI is InChI=1S/C45H36O18/c46-18-10-27(54)33-30(11-18)60-42(16-2-5-21(48)25(52)8-16)40(58)37(33)34-28(55)14-31-35(39(34)57)38-36-32(63-45(62-31,44(38)59)17-3-6-22(49)26(53)9-17)13-23(50)19-12-29(56)41(61-43(19)36)15-1-4-20(47)24(51)7-15/h1-11,13-14,29,37-38,40-42,44,46-59H,12H2. The monoisotopic (exact) mass is 864 g/mol. The minimum Gasteiger partial charge on any atom is -0.508 e. The van der Waals surface area contributed by atoms with Gasteiger partial charge >= 0.3 is 5.79 Å². The van der Waals surface area contributed by atoms with Crippen molar-refractivity contribution in [3.63, 3.8) is 0 Å². The second-order valence-electron chi connectivity index (χ2n) is 15.9. The number of phenols is 11. The predicted molar refractivity (Wildman–Crippen MR) is 212 cm³/mol. The summed E-state index contributed by atoms with van der Waals surface area (Å²) in [5, 5.41) is 156. The largest absolute Gasteiger partial charge is 0.508 e. The number of ether oxygens (including phenoxy) is 4. The Hall–Kier alpha value is -7.80. The van der Waals surface area contributed by atoms with E-state index in [0.29, 0.717) is 0 Å². The number of hydrogen-bond acceptors (Lipinski definition) is 18. The van der Waals surface area contributed by atoms with E-state index in [-0.39, 0.29) is 68.4 Å². The summed E-state index contributed by atoms with van der Waals surface area (Å²) in [6, 6.07) is 15.0. The SMILES string of the molecule is Oc1cc(O)c2c(c1)OC(c1ccc(O)c(O)c1)C(O)C2c1c(O)cc2c(c1O)C1c3c(cc(O)c4c3OC(c3ccc(O)c(O)c3)C(O)C4)OC(c3ccc(O)c(O)c3)(O2)C1O. The van der Waals surface area contributed by atoms with E-state index in [1.807, 2.05) is 0 Å². The molecule has 8 atom stereocenters. The second-order valence-corrected chi connectivity index (χ2v) is 15.9. The highest BCUT2D eigenvalue weighted by Crippen LogP contribution is 2.65. The molecule has 6 aromatic carbocycles. The fraction of sp³-hybridized carbons (Fsp3) is 0.200. The maximum absolute atomic E-state index is 12.7. The van der Waals surface area contributed by atoms with E-state index in [2.05, 4.69) is 0 Å². The van der Waals surface area contributed by atoms with Gasteiger partial charge in [0.1, 0.15) is 70.1 Å². The first kappa shape index (κ1) is 39.3. The third-order valence-electron chi connectivity index (χ3n) is 12.2. The molecule has 0 aliphatic carbocycles. The fourth-order valence-electron chi connectivity index (χ4n) is 9.31. The van der Waals surface area contributed by atoms with Gasteiger partial charge in [0.05, 0.1) is 17.9 Å². The summed E-state index contributed by atoms with van der Waals surface area (Å²) in [6.45, 7) is 0. The highest BCUT2D eigenvalue weighted by Gasteiger charge is 2.61. The van der Waals surface area contributed by atoms with E-state index >= 15 is 0 Å². The van der Waals surface area contributed by atoms with E-state index in [1.165, 1.54) is 30.3 Å². The molecule has 0 aromatic heterocycles. The summed E-state index contributed by atoms with van der Waals surface area (Å²) in [7, 11) is 0. The van der Waals surface area contributed by atoms with Crippen molar-refractivity contribution in [3.8, 4) is 86.2 Å². The van der Waals surface area contributed by atoms with Crippen molar-refractivity contribution in [1.29, 1.82) is 0 Å². The summed E-state index contributed by atoms with van der Waals surface area (Å²) in [4.78, 5) is 0. The first-order chi connectivity index (χ1) is 30.0. The molecule has 0 spiro atoms. The minimum atomic E-state index is -2.36. The Morgan fingerprint density at radius 1 is 0.460 bits per heavy atom. The Labute approximate surface area is 354 Å². The van der Waals surface area contributed by atoms with E-state index in [9.17, 15) is 71.5 Å². The van der Waals surface area contributed by atoms with Gasteiger partial charge in [0.2, 0.25) is 0 Å². The molecule has 10 rings (SSSR count). The molecule has 8 unspecified atom stereocenters. The fourth-order valence-corrected chi connectivity index (χ4v) is 9.31. The van der Waals surface area contributed by atoms with Crippen LogP contribution in [0.2, 0.25) is 0 Å². The molecular formula is C45H36O18. The molecule has 4 aliphatic heterocycles. The molecule has 0 amide bonds. The molecule has 0 saturated carbocycles. The van der Waals surface area contributed by atoms with Gasteiger partial charge in [-0.3, -0.25) is 0 Å². The van der Waals surface area contributed by atoms with Crippen molar-refractivity contribution >= 4 is 0 Å². The van der Waals surface area contributed by atoms with Crippen LogP contribution >= 0.6 is 0 Å². The quantitative estimate of drug-likeness (QED) is 0.110. The van der Waals surface area contributed by atoms with Gasteiger partial charge in [-0.05, 0) is 53.6 Å². The molecule has 18 nitrogen and oxygen atoms in total. The van der Waals surface area contributed by atoms with Crippen molar-refractivity contribution in [2.45, 2.75) is 54.6 Å². The third kappa shape index (κ3) is 5.68. The average Bonchev–Trinajstić information content (AvgIpc) is 3.22. The van der Waals surface area contributed by atoms with Crippen LogP contribution < -0.4 is 18.9 Å². The number of aromatic hydroxyl groups is 11. The van der Waals surface area contributed by atoms with Gasteiger partial charge in [0.15, 0.2) is 40.6 Å². The van der Waals surface area contributed by atoms with E-state index in [1.54, 1.807) is 0 Å². The summed E-state index contributed by atoms with van der Waals surface area (Å²) in [5.41, 5.74) is -0.683. The van der Waals surface area contributed by atoms with Crippen molar-refractivity contribution in [1.82, 2.24) is 0 Å². The van der Waals surface area contributed by atoms with Crippen molar-refractivity contribution in [2.24, 2.45) is 0 Å². The van der Waals surface area contributed by atoms with Crippen LogP contribution in [0.4, 0.5) is 0 Å².